The van der Waals surface area contributed by atoms with Gasteiger partial charge in [-0.3, -0.25) is 4.79 Å². The molecule has 0 N–H and O–H groups in total. The molecule has 1 fully saturated rings. The minimum Gasteiger partial charge on any atom is -0.334 e. The molecule has 1 aliphatic rings. The Morgan fingerprint density at radius 3 is 2.94 bits per heavy atom. The van der Waals surface area contributed by atoms with Crippen molar-refractivity contribution in [2.24, 2.45) is 0 Å². The number of carbonyl (C=O) groups excluding carboxylic acids is 1. The van der Waals surface area contributed by atoms with Crippen LogP contribution < -0.4 is 0 Å². The molecule has 0 saturated carbocycles. The summed E-state index contributed by atoms with van der Waals surface area (Å²) in [6.07, 6.45) is 0. The van der Waals surface area contributed by atoms with Crippen LogP contribution in [0, 0.1) is 6.92 Å². The highest BCUT2D eigenvalue weighted by atomic mass is 79.9. The van der Waals surface area contributed by atoms with Crippen molar-refractivity contribution in [2.75, 3.05) is 18.1 Å². The maximum Gasteiger partial charge on any atom is 0.255 e. The number of nitrogens with zero attached hydrogens (tertiary/aromatic N) is 1. The normalized spacial score (nSPS) is 20.4. The Balaban J connectivity index is 2.24. The van der Waals surface area contributed by atoms with E-state index in [2.05, 4.69) is 22.9 Å². The Kier molecular flexibility index (Phi) is 4.15. The molecule has 0 spiro atoms. The zero-order chi connectivity index (χ0) is 12.4. The predicted octanol–water partition coefficient (Wildman–Crippen LogP) is 3.34. The molecule has 1 amide bonds. The summed E-state index contributed by atoms with van der Waals surface area (Å²) in [5, 5.41) is 0. The van der Waals surface area contributed by atoms with E-state index in [4.69, 9.17) is 0 Å². The molecule has 0 aromatic heterocycles. The van der Waals surface area contributed by atoms with Gasteiger partial charge in [0.2, 0.25) is 0 Å². The Bertz CT molecular complexity index is 435. The molecule has 1 aromatic carbocycles. The van der Waals surface area contributed by atoms with Crippen molar-refractivity contribution in [1.82, 2.24) is 4.90 Å². The Labute approximate surface area is 115 Å². The smallest absolute Gasteiger partial charge is 0.255 e. The molecule has 17 heavy (non-hydrogen) atoms. The summed E-state index contributed by atoms with van der Waals surface area (Å²) in [7, 11) is 0. The molecule has 1 aliphatic heterocycles. The minimum absolute atomic E-state index is 0.143. The number of aryl methyl sites for hydroxylation is 1. The zero-order valence-corrected chi connectivity index (χ0v) is 12.5. The summed E-state index contributed by atoms with van der Waals surface area (Å²) in [5.41, 5.74) is 1.94. The van der Waals surface area contributed by atoms with Crippen molar-refractivity contribution >= 4 is 33.6 Å². The van der Waals surface area contributed by atoms with E-state index >= 15 is 0 Å². The quantitative estimate of drug-likeness (QED) is 0.792. The fraction of sp³-hybridized carbons (Fsp3) is 0.462. The number of carbonyl (C=O) groups is 1. The number of hydrogen-bond donors (Lipinski definition) is 0. The lowest BCUT2D eigenvalue weighted by Gasteiger charge is -2.33. The maximum atomic E-state index is 12.4. The first-order valence-corrected chi connectivity index (χ1v) is 7.69. The van der Waals surface area contributed by atoms with Crippen LogP contribution in [0.5, 0.6) is 0 Å². The van der Waals surface area contributed by atoms with Crippen molar-refractivity contribution in [3.8, 4) is 0 Å². The fourth-order valence-corrected chi connectivity index (χ4v) is 3.65. The first-order chi connectivity index (χ1) is 8.09. The standard InChI is InChI=1S/C13H16BrNOS/c1-9-3-4-11(12(14)7-9)13(16)15-5-6-17-8-10(15)2/h3-4,7,10H,5-6,8H2,1-2H3. The first-order valence-electron chi connectivity index (χ1n) is 5.74. The molecule has 92 valence electrons. The van der Waals surface area contributed by atoms with Gasteiger partial charge in [-0.05, 0) is 47.5 Å². The number of hydrogen-bond acceptors (Lipinski definition) is 2. The highest BCUT2D eigenvalue weighted by molar-refractivity contribution is 9.10. The van der Waals surface area contributed by atoms with Crippen LogP contribution in [0.1, 0.15) is 22.8 Å². The van der Waals surface area contributed by atoms with Gasteiger partial charge in [0.25, 0.3) is 5.91 Å². The fourth-order valence-electron chi connectivity index (χ4n) is 1.98. The summed E-state index contributed by atoms with van der Waals surface area (Å²) < 4.78 is 0.896. The van der Waals surface area contributed by atoms with E-state index in [0.29, 0.717) is 6.04 Å². The second-order valence-corrected chi connectivity index (χ2v) is 6.41. The van der Waals surface area contributed by atoms with Crippen molar-refractivity contribution < 1.29 is 4.79 Å². The van der Waals surface area contributed by atoms with E-state index in [9.17, 15) is 4.79 Å². The number of benzene rings is 1. The minimum atomic E-state index is 0.143. The van der Waals surface area contributed by atoms with Gasteiger partial charge in [-0.1, -0.05) is 6.07 Å². The van der Waals surface area contributed by atoms with Gasteiger partial charge in [0, 0.05) is 28.6 Å². The number of halogens is 1. The molecular formula is C13H16BrNOS. The van der Waals surface area contributed by atoms with Crippen molar-refractivity contribution in [3.05, 3.63) is 33.8 Å². The van der Waals surface area contributed by atoms with E-state index in [1.165, 1.54) is 0 Å². The van der Waals surface area contributed by atoms with Crippen LogP contribution in [-0.4, -0.2) is 34.9 Å². The molecule has 2 nitrogen and oxygen atoms in total. The lowest BCUT2D eigenvalue weighted by molar-refractivity contribution is 0.0715. The Hall–Kier alpha value is -0.480. The molecular weight excluding hydrogens is 298 g/mol. The van der Waals surface area contributed by atoms with E-state index in [0.717, 1.165) is 33.7 Å². The third-order valence-electron chi connectivity index (χ3n) is 2.98. The largest absolute Gasteiger partial charge is 0.334 e. The van der Waals surface area contributed by atoms with Crippen LogP contribution in [0.3, 0.4) is 0 Å². The van der Waals surface area contributed by atoms with Crippen LogP contribution >= 0.6 is 27.7 Å². The van der Waals surface area contributed by atoms with Crippen LogP contribution in [0.2, 0.25) is 0 Å². The van der Waals surface area contributed by atoms with Gasteiger partial charge >= 0.3 is 0 Å². The lowest BCUT2D eigenvalue weighted by atomic mass is 10.1. The second kappa shape index (κ2) is 5.44. The highest BCUT2D eigenvalue weighted by Gasteiger charge is 2.25. The Morgan fingerprint density at radius 1 is 1.53 bits per heavy atom. The van der Waals surface area contributed by atoms with Gasteiger partial charge in [0.15, 0.2) is 0 Å². The second-order valence-electron chi connectivity index (χ2n) is 4.41. The average Bonchev–Trinajstić information content (AvgIpc) is 2.29. The molecule has 1 atom stereocenters. The van der Waals surface area contributed by atoms with Crippen molar-refractivity contribution in [1.29, 1.82) is 0 Å². The summed E-state index contributed by atoms with van der Waals surface area (Å²) in [6.45, 7) is 5.00. The van der Waals surface area contributed by atoms with E-state index in [1.54, 1.807) is 0 Å². The number of amides is 1. The monoisotopic (exact) mass is 313 g/mol. The van der Waals surface area contributed by atoms with Gasteiger partial charge in [0.05, 0.1) is 5.56 Å². The third kappa shape index (κ3) is 2.86. The zero-order valence-electron chi connectivity index (χ0n) is 10.1. The number of rotatable bonds is 1. The summed E-state index contributed by atoms with van der Waals surface area (Å²) in [4.78, 5) is 14.4. The van der Waals surface area contributed by atoms with Gasteiger partial charge in [-0.2, -0.15) is 11.8 Å². The van der Waals surface area contributed by atoms with Crippen LogP contribution in [0.15, 0.2) is 22.7 Å². The van der Waals surface area contributed by atoms with Gasteiger partial charge in [-0.15, -0.1) is 0 Å². The maximum absolute atomic E-state index is 12.4. The molecule has 0 aliphatic carbocycles. The van der Waals surface area contributed by atoms with Crippen molar-refractivity contribution in [2.45, 2.75) is 19.9 Å². The predicted molar refractivity (Wildman–Crippen MR) is 76.7 cm³/mol. The summed E-state index contributed by atoms with van der Waals surface area (Å²) in [6, 6.07) is 6.23. The first kappa shape index (κ1) is 13.0. The topological polar surface area (TPSA) is 20.3 Å². The highest BCUT2D eigenvalue weighted by Crippen LogP contribution is 2.23. The van der Waals surface area contributed by atoms with E-state index in [1.807, 2.05) is 41.8 Å². The lowest BCUT2D eigenvalue weighted by Crippen LogP contribution is -2.44. The molecule has 4 heteroatoms. The van der Waals surface area contributed by atoms with Gasteiger partial charge < -0.3 is 4.90 Å². The van der Waals surface area contributed by atoms with Crippen LogP contribution in [-0.2, 0) is 0 Å². The number of thioether (sulfide) groups is 1. The van der Waals surface area contributed by atoms with E-state index < -0.39 is 0 Å². The van der Waals surface area contributed by atoms with E-state index in [-0.39, 0.29) is 5.91 Å². The molecule has 1 unspecified atom stereocenters. The molecule has 1 saturated heterocycles. The Morgan fingerprint density at radius 2 is 2.29 bits per heavy atom. The molecule has 0 radical (unpaired) electrons. The van der Waals surface area contributed by atoms with Crippen molar-refractivity contribution in [3.63, 3.8) is 0 Å². The molecule has 1 aromatic rings. The van der Waals surface area contributed by atoms with Crippen LogP contribution in [0.25, 0.3) is 0 Å². The molecule has 0 bridgehead atoms. The SMILES string of the molecule is Cc1ccc(C(=O)N2CCSCC2C)c(Br)c1. The third-order valence-corrected chi connectivity index (χ3v) is 4.83. The summed E-state index contributed by atoms with van der Waals surface area (Å²) >= 11 is 5.40. The molecule has 1 heterocycles. The van der Waals surface area contributed by atoms with Gasteiger partial charge in [-0.25, -0.2) is 0 Å². The molecule has 2 rings (SSSR count). The van der Waals surface area contributed by atoms with Gasteiger partial charge in [0.1, 0.15) is 0 Å². The average molecular weight is 314 g/mol. The van der Waals surface area contributed by atoms with Crippen LogP contribution in [0.4, 0.5) is 0 Å². The summed E-state index contributed by atoms with van der Waals surface area (Å²) in [5.74, 6) is 2.22.